The summed E-state index contributed by atoms with van der Waals surface area (Å²) in [6, 6.07) is -0.150. The van der Waals surface area contributed by atoms with Gasteiger partial charge in [0.25, 0.3) is 11.8 Å². The first kappa shape index (κ1) is 18.5. The summed E-state index contributed by atoms with van der Waals surface area (Å²) in [5.41, 5.74) is 2.25. The highest BCUT2D eigenvalue weighted by Gasteiger charge is 2.34. The Labute approximate surface area is 154 Å². The summed E-state index contributed by atoms with van der Waals surface area (Å²) in [6.07, 6.45) is 3.73. The Balaban J connectivity index is 1.66. The topological polar surface area (TPSA) is 134 Å². The first-order valence-electron chi connectivity index (χ1n) is 8.30. The summed E-state index contributed by atoms with van der Waals surface area (Å²) in [5.74, 6) is 5.64. The van der Waals surface area contributed by atoms with Crippen LogP contribution in [0.5, 0.6) is 5.75 Å². The molecule has 6 N–H and O–H groups in total. The number of nitrogens with zero attached hydrogens (tertiary/aromatic N) is 2. The maximum atomic E-state index is 12.7. The highest BCUT2D eigenvalue weighted by atomic mass is 32.1. The lowest BCUT2D eigenvalue weighted by atomic mass is 9.92. The van der Waals surface area contributed by atoms with Crippen LogP contribution in [0.2, 0.25) is 0 Å². The number of amides is 2. The number of aliphatic hydroxyl groups excluding tert-OH is 1. The van der Waals surface area contributed by atoms with Gasteiger partial charge in [0, 0.05) is 16.8 Å². The van der Waals surface area contributed by atoms with E-state index in [2.05, 4.69) is 10.4 Å². The van der Waals surface area contributed by atoms with Crippen molar-refractivity contribution in [1.82, 2.24) is 10.3 Å². The van der Waals surface area contributed by atoms with Crippen molar-refractivity contribution in [2.75, 3.05) is 7.11 Å². The minimum atomic E-state index is -0.455. The molecule has 0 aromatic carbocycles. The zero-order valence-electron chi connectivity index (χ0n) is 14.3. The van der Waals surface area contributed by atoms with Gasteiger partial charge in [0.05, 0.1) is 18.8 Å². The molecule has 0 spiro atoms. The zero-order valence-corrected chi connectivity index (χ0v) is 15.2. The van der Waals surface area contributed by atoms with Gasteiger partial charge in [-0.3, -0.25) is 14.6 Å². The van der Waals surface area contributed by atoms with E-state index in [1.165, 1.54) is 23.9 Å². The van der Waals surface area contributed by atoms with Gasteiger partial charge in [-0.25, -0.2) is 5.84 Å². The Morgan fingerprint density at radius 2 is 2.12 bits per heavy atom. The molecule has 1 saturated carbocycles. The fourth-order valence-corrected chi connectivity index (χ4v) is 3.80. The lowest BCUT2D eigenvalue weighted by Crippen LogP contribution is -2.69. The van der Waals surface area contributed by atoms with Crippen molar-refractivity contribution in [3.63, 3.8) is 0 Å². The Hall–Kier alpha value is -2.27. The monoisotopic (exact) mass is 380 g/mol. The SMILES string of the molecule is COc1cscc1C(=O)NC1=C[NH2+]N=C1C(=O)N(N)C1CCC(O)CC1. The van der Waals surface area contributed by atoms with E-state index in [1.54, 1.807) is 17.0 Å². The molecular formula is C16H22N5O4S+. The van der Waals surface area contributed by atoms with Gasteiger partial charge in [-0.1, -0.05) is 5.10 Å². The van der Waals surface area contributed by atoms with Crippen molar-refractivity contribution >= 4 is 28.9 Å². The molecule has 2 heterocycles. The number of rotatable bonds is 5. The third kappa shape index (κ3) is 3.78. The van der Waals surface area contributed by atoms with Gasteiger partial charge in [-0.2, -0.15) is 5.43 Å². The molecule has 1 aromatic heterocycles. The first-order valence-corrected chi connectivity index (χ1v) is 9.25. The van der Waals surface area contributed by atoms with Crippen LogP contribution in [0.1, 0.15) is 36.0 Å². The number of methoxy groups -OCH3 is 1. The number of nitrogens with two attached hydrogens (primary N) is 2. The molecule has 1 aromatic rings. The molecule has 1 fully saturated rings. The second-order valence-corrected chi connectivity index (χ2v) is 6.93. The molecule has 10 heteroatoms. The molecule has 26 heavy (non-hydrogen) atoms. The number of aliphatic hydroxyl groups is 1. The minimum absolute atomic E-state index is 0.0983. The number of thiophene rings is 1. The van der Waals surface area contributed by atoms with E-state index in [9.17, 15) is 14.7 Å². The molecule has 0 saturated heterocycles. The Bertz CT molecular complexity index is 752. The molecule has 1 aliphatic carbocycles. The largest absolute Gasteiger partial charge is 0.495 e. The summed E-state index contributed by atoms with van der Waals surface area (Å²) >= 11 is 1.35. The average molecular weight is 380 g/mol. The predicted octanol–water partition coefficient (Wildman–Crippen LogP) is -0.733. The van der Waals surface area contributed by atoms with Crippen molar-refractivity contribution in [1.29, 1.82) is 0 Å². The molecule has 2 amide bonds. The van der Waals surface area contributed by atoms with Crippen molar-refractivity contribution in [3.8, 4) is 5.75 Å². The maximum absolute atomic E-state index is 12.7. The molecule has 3 rings (SSSR count). The van der Waals surface area contributed by atoms with Gasteiger partial charge >= 0.3 is 0 Å². The van der Waals surface area contributed by atoms with Gasteiger partial charge < -0.3 is 15.2 Å². The van der Waals surface area contributed by atoms with Crippen LogP contribution >= 0.6 is 11.3 Å². The number of ether oxygens (including phenoxy) is 1. The molecule has 2 aliphatic rings. The summed E-state index contributed by atoms with van der Waals surface area (Å²) in [6.45, 7) is 0. The van der Waals surface area contributed by atoms with Gasteiger partial charge in [0.1, 0.15) is 17.6 Å². The van der Waals surface area contributed by atoms with Crippen molar-refractivity contribution in [2.45, 2.75) is 37.8 Å². The number of quaternary nitrogens is 1. The van der Waals surface area contributed by atoms with E-state index in [0.29, 0.717) is 42.7 Å². The van der Waals surface area contributed by atoms with Crippen LogP contribution < -0.4 is 21.3 Å². The summed E-state index contributed by atoms with van der Waals surface area (Å²) in [4.78, 5) is 25.1. The molecule has 0 unspecified atom stereocenters. The van der Waals surface area contributed by atoms with Crippen LogP contribution in [0.4, 0.5) is 0 Å². The standard InChI is InChI=1S/C16H21N5O4S/c1-25-13-8-26-7-11(13)15(23)19-12-6-18-20-14(12)16(24)21(17)9-2-4-10(22)5-3-9/h6-10,22H,2-5,17H2,1H3,(H,18,20)(H,19,23)/p+1. The number of carbonyl (C=O) groups excluding carboxylic acids is 2. The number of carbonyl (C=O) groups is 2. The van der Waals surface area contributed by atoms with Crippen LogP contribution in [-0.2, 0) is 4.79 Å². The number of hydrogen-bond acceptors (Lipinski definition) is 7. The average Bonchev–Trinajstić information content (AvgIpc) is 3.30. The third-order valence-electron chi connectivity index (χ3n) is 4.54. The second kappa shape index (κ2) is 7.96. The van der Waals surface area contributed by atoms with Crippen LogP contribution in [0.15, 0.2) is 27.8 Å². The summed E-state index contributed by atoms with van der Waals surface area (Å²) in [7, 11) is 1.49. The van der Waals surface area contributed by atoms with E-state index in [0.717, 1.165) is 5.01 Å². The van der Waals surface area contributed by atoms with Gasteiger partial charge in [0.15, 0.2) is 0 Å². The van der Waals surface area contributed by atoms with E-state index in [4.69, 9.17) is 10.6 Å². The van der Waals surface area contributed by atoms with E-state index < -0.39 is 5.91 Å². The number of hydrogen-bond donors (Lipinski definition) is 4. The van der Waals surface area contributed by atoms with Crippen molar-refractivity contribution in [2.24, 2.45) is 10.9 Å². The second-order valence-electron chi connectivity index (χ2n) is 6.19. The molecular weight excluding hydrogens is 358 g/mol. The normalized spacial score (nSPS) is 22.4. The fourth-order valence-electron chi connectivity index (χ4n) is 3.03. The van der Waals surface area contributed by atoms with Crippen LogP contribution in [-0.4, -0.2) is 46.9 Å². The predicted molar refractivity (Wildman–Crippen MR) is 95.1 cm³/mol. The molecule has 0 atom stereocenters. The Morgan fingerprint density at radius 3 is 2.81 bits per heavy atom. The molecule has 0 radical (unpaired) electrons. The van der Waals surface area contributed by atoms with Crippen LogP contribution in [0, 0.1) is 0 Å². The smallest absolute Gasteiger partial charge is 0.294 e. The van der Waals surface area contributed by atoms with Gasteiger partial charge in [-0.05, 0) is 25.7 Å². The highest BCUT2D eigenvalue weighted by molar-refractivity contribution is 7.08. The quantitative estimate of drug-likeness (QED) is 0.303. The van der Waals surface area contributed by atoms with Crippen LogP contribution in [0.25, 0.3) is 0 Å². The summed E-state index contributed by atoms with van der Waals surface area (Å²) < 4.78 is 5.15. The van der Waals surface area contributed by atoms with Crippen molar-refractivity contribution < 1.29 is 24.9 Å². The number of hydrazine groups is 1. The Kier molecular flexibility index (Phi) is 5.67. The maximum Gasteiger partial charge on any atom is 0.294 e. The molecule has 0 bridgehead atoms. The van der Waals surface area contributed by atoms with Gasteiger partial charge in [-0.15, -0.1) is 11.3 Å². The van der Waals surface area contributed by atoms with E-state index in [-0.39, 0.29) is 23.8 Å². The zero-order chi connectivity index (χ0) is 18.7. The van der Waals surface area contributed by atoms with Crippen LogP contribution in [0.3, 0.4) is 0 Å². The Morgan fingerprint density at radius 1 is 1.38 bits per heavy atom. The number of nitrogens with one attached hydrogen (secondary N) is 1. The fraction of sp³-hybridized carbons (Fsp3) is 0.438. The molecule has 140 valence electrons. The lowest BCUT2D eigenvalue weighted by molar-refractivity contribution is -0.590. The molecule has 1 aliphatic heterocycles. The molecule has 9 nitrogen and oxygen atoms in total. The first-order chi connectivity index (χ1) is 12.5. The minimum Gasteiger partial charge on any atom is -0.495 e. The highest BCUT2D eigenvalue weighted by Crippen LogP contribution is 2.24. The summed E-state index contributed by atoms with van der Waals surface area (Å²) in [5, 5.41) is 20.9. The lowest BCUT2D eigenvalue weighted by Gasteiger charge is -2.32. The van der Waals surface area contributed by atoms with Gasteiger partial charge in [0.2, 0.25) is 5.71 Å². The van der Waals surface area contributed by atoms with Crippen molar-refractivity contribution in [3.05, 3.63) is 28.2 Å². The van der Waals surface area contributed by atoms with E-state index >= 15 is 0 Å². The van der Waals surface area contributed by atoms with E-state index in [1.807, 2.05) is 0 Å². The third-order valence-corrected chi connectivity index (χ3v) is 5.26.